The second-order valence-electron chi connectivity index (χ2n) is 7.12. The van der Waals surface area contributed by atoms with E-state index in [9.17, 15) is 14.9 Å². The molecule has 0 aromatic carbocycles. The highest BCUT2D eigenvalue weighted by atomic mass is 16.6. The molecule has 0 radical (unpaired) electrons. The monoisotopic (exact) mass is 364 g/mol. The number of likely N-dealkylation sites (tertiary alicyclic amines) is 1. The summed E-state index contributed by atoms with van der Waals surface area (Å²) in [7, 11) is 1.98. The third kappa shape index (κ3) is 5.44. The Balaban J connectivity index is 2.02. The highest BCUT2D eigenvalue weighted by Gasteiger charge is 2.38. The minimum absolute atomic E-state index is 0.226. The van der Waals surface area contributed by atoms with Crippen molar-refractivity contribution >= 4 is 12.0 Å². The Hall–Kier alpha value is -2.11. The molecule has 2 aliphatic rings. The van der Waals surface area contributed by atoms with Crippen LogP contribution < -0.4 is 5.32 Å². The van der Waals surface area contributed by atoms with Crippen LogP contribution in [0.4, 0.5) is 4.79 Å². The number of ether oxygens (including phenoxy) is 2. The molecule has 8 nitrogen and oxygen atoms in total. The first-order chi connectivity index (χ1) is 12.3. The van der Waals surface area contributed by atoms with Crippen LogP contribution in [0.3, 0.4) is 0 Å². The minimum atomic E-state index is -0.993. The van der Waals surface area contributed by atoms with Gasteiger partial charge in [-0.2, -0.15) is 5.26 Å². The van der Waals surface area contributed by atoms with E-state index in [-0.39, 0.29) is 6.42 Å². The zero-order valence-electron chi connectivity index (χ0n) is 15.6. The second kappa shape index (κ2) is 9.01. The number of nitriles is 1. The van der Waals surface area contributed by atoms with Crippen LogP contribution in [-0.2, 0) is 14.3 Å². The van der Waals surface area contributed by atoms with Gasteiger partial charge < -0.3 is 24.6 Å². The molecule has 2 rings (SSSR count). The fraction of sp³-hybridized carbons (Fsp3) is 0.722. The van der Waals surface area contributed by atoms with Crippen LogP contribution in [0.2, 0.25) is 0 Å². The molecule has 2 amide bonds. The lowest BCUT2D eigenvalue weighted by atomic mass is 9.88. The number of carbonyl (C=O) groups is 2. The van der Waals surface area contributed by atoms with Crippen molar-refractivity contribution in [2.45, 2.75) is 37.8 Å². The quantitative estimate of drug-likeness (QED) is 0.728. The first-order valence-corrected chi connectivity index (χ1v) is 8.95. The first kappa shape index (κ1) is 20.2. The van der Waals surface area contributed by atoms with Crippen molar-refractivity contribution in [2.24, 2.45) is 0 Å². The maximum Gasteiger partial charge on any atom is 0.410 e. The van der Waals surface area contributed by atoms with Gasteiger partial charge in [-0.3, -0.25) is 4.79 Å². The van der Waals surface area contributed by atoms with Gasteiger partial charge in [0.15, 0.2) is 6.10 Å². The van der Waals surface area contributed by atoms with Crippen LogP contribution in [-0.4, -0.2) is 79.9 Å². The Bertz CT molecular complexity index is 572. The Labute approximate surface area is 154 Å². The van der Waals surface area contributed by atoms with E-state index in [1.807, 2.05) is 7.05 Å². The predicted octanol–water partition coefficient (Wildman–Crippen LogP) is 0.894. The van der Waals surface area contributed by atoms with Crippen molar-refractivity contribution in [3.05, 3.63) is 12.2 Å². The molecular formula is C18H28N4O4. The van der Waals surface area contributed by atoms with Crippen molar-refractivity contribution in [3.63, 3.8) is 0 Å². The molecule has 0 aromatic rings. The lowest BCUT2D eigenvalue weighted by Crippen LogP contribution is -2.56. The maximum atomic E-state index is 12.8. The molecule has 8 heteroatoms. The first-order valence-electron chi connectivity index (χ1n) is 8.95. The van der Waals surface area contributed by atoms with Gasteiger partial charge in [-0.05, 0) is 26.8 Å². The molecule has 0 aliphatic carbocycles. The van der Waals surface area contributed by atoms with E-state index in [2.05, 4.69) is 22.9 Å². The number of hydrogen-bond acceptors (Lipinski definition) is 6. The highest BCUT2D eigenvalue weighted by Crippen LogP contribution is 2.22. The van der Waals surface area contributed by atoms with E-state index in [4.69, 9.17) is 9.47 Å². The summed E-state index contributed by atoms with van der Waals surface area (Å²) in [6, 6.07) is 2.25. The number of piperidine rings is 1. The number of amides is 2. The van der Waals surface area contributed by atoms with Gasteiger partial charge >= 0.3 is 6.09 Å². The van der Waals surface area contributed by atoms with Crippen molar-refractivity contribution in [2.75, 3.05) is 46.4 Å². The van der Waals surface area contributed by atoms with Crippen LogP contribution in [0.15, 0.2) is 12.2 Å². The predicted molar refractivity (Wildman–Crippen MR) is 95.3 cm³/mol. The zero-order valence-corrected chi connectivity index (χ0v) is 15.6. The average molecular weight is 364 g/mol. The molecule has 26 heavy (non-hydrogen) atoms. The minimum Gasteiger partial charge on any atom is -0.436 e. The molecule has 0 saturated carbocycles. The summed E-state index contributed by atoms with van der Waals surface area (Å²) in [6.45, 7) is 8.84. The van der Waals surface area contributed by atoms with Crippen molar-refractivity contribution in [1.82, 2.24) is 15.1 Å². The van der Waals surface area contributed by atoms with Gasteiger partial charge in [0, 0.05) is 32.6 Å². The van der Waals surface area contributed by atoms with E-state index >= 15 is 0 Å². The van der Waals surface area contributed by atoms with Gasteiger partial charge in [0.25, 0.3) is 5.91 Å². The highest BCUT2D eigenvalue weighted by molar-refractivity contribution is 5.84. The fourth-order valence-corrected chi connectivity index (χ4v) is 3.03. The summed E-state index contributed by atoms with van der Waals surface area (Å²) in [4.78, 5) is 28.8. The zero-order chi connectivity index (χ0) is 19.2. The molecule has 2 heterocycles. The van der Waals surface area contributed by atoms with E-state index in [0.717, 1.165) is 18.7 Å². The Morgan fingerprint density at radius 3 is 2.46 bits per heavy atom. The van der Waals surface area contributed by atoms with Crippen molar-refractivity contribution < 1.29 is 19.1 Å². The Morgan fingerprint density at radius 2 is 1.92 bits per heavy atom. The molecule has 2 saturated heterocycles. The van der Waals surface area contributed by atoms with E-state index in [1.165, 1.54) is 4.90 Å². The van der Waals surface area contributed by atoms with Gasteiger partial charge in [-0.25, -0.2) is 4.79 Å². The number of carbonyl (C=O) groups excluding carboxylic acids is 2. The maximum absolute atomic E-state index is 12.8. The summed E-state index contributed by atoms with van der Waals surface area (Å²) in [5, 5.41) is 12.4. The number of hydrogen-bond donors (Lipinski definition) is 1. The lowest BCUT2D eigenvalue weighted by molar-refractivity contribution is -0.132. The van der Waals surface area contributed by atoms with E-state index in [1.54, 1.807) is 6.92 Å². The van der Waals surface area contributed by atoms with E-state index in [0.29, 0.717) is 39.1 Å². The third-order valence-corrected chi connectivity index (χ3v) is 4.76. The molecule has 2 aliphatic heterocycles. The van der Waals surface area contributed by atoms with E-state index < -0.39 is 23.6 Å². The van der Waals surface area contributed by atoms with Gasteiger partial charge in [-0.1, -0.05) is 12.2 Å². The molecule has 0 spiro atoms. The van der Waals surface area contributed by atoms with Gasteiger partial charge in [-0.15, -0.1) is 0 Å². The number of morpholine rings is 1. The standard InChI is InChI=1S/C18H28N4O4/c1-14(2)12-15(26-17(24)22-8-10-25-11-9-22)16(23)20-18(13-19)4-6-21(3)7-5-18/h15H,1,4-12H2,2-3H3,(H,20,23). The molecule has 2 fully saturated rings. The summed E-state index contributed by atoms with van der Waals surface area (Å²) < 4.78 is 10.7. The third-order valence-electron chi connectivity index (χ3n) is 4.76. The summed E-state index contributed by atoms with van der Waals surface area (Å²) in [6.07, 6.45) is -0.216. The van der Waals surface area contributed by atoms with Crippen molar-refractivity contribution in [3.8, 4) is 6.07 Å². The summed E-state index contributed by atoms with van der Waals surface area (Å²) >= 11 is 0. The molecule has 0 aromatic heterocycles. The number of nitrogens with one attached hydrogen (secondary N) is 1. The summed E-state index contributed by atoms with van der Waals surface area (Å²) in [5.74, 6) is -0.444. The Morgan fingerprint density at radius 1 is 1.31 bits per heavy atom. The van der Waals surface area contributed by atoms with Crippen LogP contribution >= 0.6 is 0 Å². The average Bonchev–Trinajstić information content (AvgIpc) is 2.63. The molecule has 0 bridgehead atoms. The Kier molecular flexibility index (Phi) is 7.00. The molecule has 1 N–H and O–H groups in total. The van der Waals surface area contributed by atoms with Crippen LogP contribution in [0.1, 0.15) is 26.2 Å². The van der Waals surface area contributed by atoms with Crippen LogP contribution in [0.5, 0.6) is 0 Å². The topological polar surface area (TPSA) is 94.9 Å². The van der Waals surface area contributed by atoms with Gasteiger partial charge in [0.05, 0.1) is 19.3 Å². The number of nitrogens with zero attached hydrogens (tertiary/aromatic N) is 3. The van der Waals surface area contributed by atoms with Crippen LogP contribution in [0, 0.1) is 11.3 Å². The van der Waals surface area contributed by atoms with Crippen molar-refractivity contribution in [1.29, 1.82) is 5.26 Å². The summed E-state index contributed by atoms with van der Waals surface area (Å²) in [5.41, 5.74) is -0.184. The molecular weight excluding hydrogens is 336 g/mol. The second-order valence-corrected chi connectivity index (χ2v) is 7.12. The lowest BCUT2D eigenvalue weighted by Gasteiger charge is -2.37. The largest absolute Gasteiger partial charge is 0.436 e. The smallest absolute Gasteiger partial charge is 0.410 e. The van der Waals surface area contributed by atoms with Gasteiger partial charge in [0.1, 0.15) is 5.54 Å². The van der Waals surface area contributed by atoms with Crippen LogP contribution in [0.25, 0.3) is 0 Å². The normalized spacial score (nSPS) is 21.3. The van der Waals surface area contributed by atoms with Gasteiger partial charge in [0.2, 0.25) is 0 Å². The fourth-order valence-electron chi connectivity index (χ4n) is 3.03. The SMILES string of the molecule is C=C(C)CC(OC(=O)N1CCOCC1)C(=O)NC1(C#N)CCN(C)CC1. The number of rotatable bonds is 5. The molecule has 144 valence electrons. The molecule has 1 atom stereocenters. The molecule has 1 unspecified atom stereocenters.